The van der Waals surface area contributed by atoms with Crippen LogP contribution in [0.25, 0.3) is 0 Å². The van der Waals surface area contributed by atoms with Crippen molar-refractivity contribution in [2.45, 2.75) is 172 Å². The van der Waals surface area contributed by atoms with Crippen LogP contribution in [0.5, 0.6) is 11.5 Å². The van der Waals surface area contributed by atoms with Crippen molar-refractivity contribution in [1.29, 1.82) is 0 Å². The molecule has 0 bridgehead atoms. The Labute approximate surface area is 517 Å². The van der Waals surface area contributed by atoms with E-state index in [2.05, 4.69) is 47.9 Å². The van der Waals surface area contributed by atoms with E-state index in [1.807, 2.05) is 0 Å². The molecule has 3 rings (SSSR count). The fourth-order valence-electron chi connectivity index (χ4n) is 9.10. The highest BCUT2D eigenvalue weighted by Crippen LogP contribution is 2.17. The van der Waals surface area contributed by atoms with Gasteiger partial charge in [0.25, 0.3) is 0 Å². The van der Waals surface area contributed by atoms with E-state index in [4.69, 9.17) is 17.2 Å². The molecule has 0 aromatic heterocycles. The van der Waals surface area contributed by atoms with Crippen LogP contribution in [-0.4, -0.2) is 171 Å². The first kappa shape index (κ1) is 74.5. The van der Waals surface area contributed by atoms with Crippen LogP contribution >= 0.6 is 0 Å². The molecule has 28 heteroatoms. The first-order valence-corrected chi connectivity index (χ1v) is 29.8. The second-order valence-electron chi connectivity index (χ2n) is 22.3. The fourth-order valence-corrected chi connectivity index (χ4v) is 9.10. The molecule has 28 nitrogen and oxygen atoms in total. The van der Waals surface area contributed by atoms with Crippen molar-refractivity contribution < 1.29 is 78.3 Å². The van der Waals surface area contributed by atoms with Crippen LogP contribution in [0.1, 0.15) is 109 Å². The third-order valence-electron chi connectivity index (χ3n) is 14.7. The number of phenols is 2. The molecule has 3 aromatic carbocycles. The molecule has 0 saturated carbocycles. The van der Waals surface area contributed by atoms with Crippen LogP contribution in [-0.2, 0) is 72.0 Å². The van der Waals surface area contributed by atoms with Gasteiger partial charge < -0.3 is 90.6 Å². The summed E-state index contributed by atoms with van der Waals surface area (Å²) in [5.74, 6) is -12.3. The summed E-state index contributed by atoms with van der Waals surface area (Å²) < 4.78 is 0. The van der Waals surface area contributed by atoms with Crippen molar-refractivity contribution >= 4 is 65.1 Å². The predicted molar refractivity (Wildman–Crippen MR) is 326 cm³/mol. The number of nitrogens with two attached hydrogens (primary N) is 3. The SMILES string of the molecule is CC[C@H](C)[C@H](NC(=O)[C@H](CCCCN)NC(=O)[C@H](CCC(=O)O)NC(=O)[C@H](CO)NC(=O)[C@H](C)NC(=O)[C@@H](N)CCCCN)C(=O)N[C@@H](Cc1ccccc1)C(=O)N[C@@H](Cc1ccc(O)cc1)C(=O)N[C@H](C(=O)N[C@@H](Cc1ccc(O)cc1)C(=O)O)C(C)C. The first-order chi connectivity index (χ1) is 42.2. The number of carbonyl (C=O) groups is 11. The van der Waals surface area contributed by atoms with Crippen LogP contribution in [0, 0.1) is 11.8 Å². The molecule has 0 spiro atoms. The molecular weight excluding hydrogens is 1160 g/mol. The number of aromatic hydroxyl groups is 2. The Kier molecular flexibility index (Phi) is 32.3. The topological polar surface area (TPSA) is 475 Å². The van der Waals surface area contributed by atoms with E-state index in [0.29, 0.717) is 42.5 Å². The second-order valence-corrected chi connectivity index (χ2v) is 22.3. The number of benzene rings is 3. The molecule has 0 aliphatic carbocycles. The Morgan fingerprint density at radius 1 is 0.438 bits per heavy atom. The van der Waals surface area contributed by atoms with Gasteiger partial charge >= 0.3 is 11.9 Å². The average molecular weight is 1250 g/mol. The van der Waals surface area contributed by atoms with Gasteiger partial charge in [0.15, 0.2) is 0 Å². The molecule has 490 valence electrons. The minimum absolute atomic E-state index is 0.0514. The van der Waals surface area contributed by atoms with E-state index in [0.717, 1.165) is 0 Å². The van der Waals surface area contributed by atoms with E-state index >= 15 is 0 Å². The summed E-state index contributed by atoms with van der Waals surface area (Å²) in [5.41, 5.74) is 18.7. The zero-order valence-corrected chi connectivity index (χ0v) is 51.0. The third-order valence-corrected chi connectivity index (χ3v) is 14.7. The highest BCUT2D eigenvalue weighted by Gasteiger charge is 2.37. The van der Waals surface area contributed by atoms with Crippen molar-refractivity contribution in [3.8, 4) is 11.5 Å². The predicted octanol–water partition coefficient (Wildman–Crippen LogP) is -1.26. The van der Waals surface area contributed by atoms with Gasteiger partial charge in [0.05, 0.1) is 12.6 Å². The van der Waals surface area contributed by atoms with E-state index in [1.54, 1.807) is 58.0 Å². The molecule has 0 saturated heterocycles. The molecule has 0 aliphatic heterocycles. The van der Waals surface area contributed by atoms with Gasteiger partial charge in [0.1, 0.15) is 65.9 Å². The van der Waals surface area contributed by atoms with Gasteiger partial charge in [0, 0.05) is 25.7 Å². The molecular formula is C61H90N12O16. The number of carboxylic acids is 2. The maximum absolute atomic E-state index is 14.8. The third kappa shape index (κ3) is 26.3. The lowest BCUT2D eigenvalue weighted by molar-refractivity contribution is -0.142. The average Bonchev–Trinajstić information content (AvgIpc) is 2.53. The Hall–Kier alpha value is -8.73. The molecule has 0 heterocycles. The summed E-state index contributed by atoms with van der Waals surface area (Å²) in [6.45, 7) is 7.48. The number of amides is 9. The Balaban J connectivity index is 1.94. The lowest BCUT2D eigenvalue weighted by Gasteiger charge is -2.30. The molecule has 20 N–H and O–H groups in total. The van der Waals surface area contributed by atoms with Crippen molar-refractivity contribution in [2.75, 3.05) is 19.7 Å². The smallest absolute Gasteiger partial charge is 0.326 e. The second kappa shape index (κ2) is 38.5. The van der Waals surface area contributed by atoms with Gasteiger partial charge in [-0.3, -0.25) is 47.9 Å². The number of phenolic OH excluding ortho intramolecular Hbond substituents is 2. The number of hydrogen-bond donors (Lipinski definition) is 17. The highest BCUT2D eigenvalue weighted by molar-refractivity contribution is 5.99. The monoisotopic (exact) mass is 1250 g/mol. The summed E-state index contributed by atoms with van der Waals surface area (Å²) in [4.78, 5) is 150. The maximum Gasteiger partial charge on any atom is 0.326 e. The number of aliphatic hydroxyl groups excluding tert-OH is 1. The first-order valence-electron chi connectivity index (χ1n) is 29.8. The molecule has 0 aliphatic rings. The van der Waals surface area contributed by atoms with Crippen molar-refractivity contribution in [1.82, 2.24) is 47.9 Å². The number of nitrogens with one attached hydrogen (secondary N) is 9. The number of rotatable bonds is 40. The van der Waals surface area contributed by atoms with Crippen LogP contribution in [0.2, 0.25) is 0 Å². The zero-order chi connectivity index (χ0) is 66.3. The van der Waals surface area contributed by atoms with Crippen LogP contribution < -0.4 is 65.1 Å². The number of aliphatic carboxylic acids is 2. The molecule has 0 radical (unpaired) electrons. The standard InChI is InChI=1S/C61H90N12O16/c1-6-35(4)51(73-55(82)43(17-11-13-29-63)66-54(81)44(26-27-49(77)78)67-58(85)48(33-74)71-52(79)36(5)65-53(80)42(64)16-10-12-28-62)60(87)69-45(30-37-14-8-7-9-15-37)56(83)68-46(31-38-18-22-40(75)23-19-38)57(84)72-50(34(2)3)59(86)70-47(61(88)89)32-39-20-24-41(76)25-21-39/h7-9,14-15,18-25,34-36,42-48,50-51,74-76H,6,10-13,16-17,26-33,62-64H2,1-5H3,(H,65,80)(H,66,81)(H,67,85)(H,68,83)(H,69,87)(H,70,86)(H,71,79)(H,72,84)(H,73,82)(H,77,78)(H,88,89)/t35-,36-,42-,43-,44-,45-,46-,47-,48-,50-,51-/m0/s1. The summed E-state index contributed by atoms with van der Waals surface area (Å²) in [6.07, 6.45) is 0.524. The van der Waals surface area contributed by atoms with Crippen molar-refractivity contribution in [2.24, 2.45) is 29.0 Å². The van der Waals surface area contributed by atoms with Gasteiger partial charge in [0.2, 0.25) is 53.2 Å². The lowest BCUT2D eigenvalue weighted by atomic mass is 9.96. The fraction of sp³-hybridized carbons (Fsp3) is 0.525. The maximum atomic E-state index is 14.8. The Morgan fingerprint density at radius 3 is 1.34 bits per heavy atom. The number of aliphatic hydroxyl groups is 1. The van der Waals surface area contributed by atoms with Crippen LogP contribution in [0.4, 0.5) is 0 Å². The molecule has 0 unspecified atom stereocenters. The van der Waals surface area contributed by atoms with Crippen LogP contribution in [0.15, 0.2) is 78.9 Å². The van der Waals surface area contributed by atoms with Gasteiger partial charge in [-0.25, -0.2) is 4.79 Å². The van der Waals surface area contributed by atoms with E-state index < -0.39 is 157 Å². The number of unbranched alkanes of at least 4 members (excludes halogenated alkanes) is 2. The Bertz CT molecular complexity index is 2810. The summed E-state index contributed by atoms with van der Waals surface area (Å²) in [6, 6.07) is 5.72. The van der Waals surface area contributed by atoms with E-state index in [9.17, 15) is 78.3 Å². The van der Waals surface area contributed by atoms with Crippen molar-refractivity contribution in [3.05, 3.63) is 95.6 Å². The normalized spacial score (nSPS) is 14.9. The number of hydrogen-bond acceptors (Lipinski definition) is 17. The number of carbonyl (C=O) groups excluding carboxylic acids is 9. The molecule has 11 atom stereocenters. The molecule has 9 amide bonds. The highest BCUT2D eigenvalue weighted by atomic mass is 16.4. The number of carboxylic acid groups (broad SMARTS) is 2. The van der Waals surface area contributed by atoms with Gasteiger partial charge in [-0.05, 0) is 111 Å². The quantitative estimate of drug-likeness (QED) is 0.0295. The van der Waals surface area contributed by atoms with Crippen molar-refractivity contribution in [3.63, 3.8) is 0 Å². The molecule has 0 fully saturated rings. The minimum atomic E-state index is -1.71. The zero-order valence-electron chi connectivity index (χ0n) is 51.0. The van der Waals surface area contributed by atoms with Gasteiger partial charge in [-0.2, -0.15) is 0 Å². The summed E-state index contributed by atoms with van der Waals surface area (Å²) >= 11 is 0. The largest absolute Gasteiger partial charge is 0.508 e. The van der Waals surface area contributed by atoms with Gasteiger partial charge in [-0.15, -0.1) is 0 Å². The summed E-state index contributed by atoms with van der Waals surface area (Å²) in [5, 5.41) is 72.5. The molecule has 3 aromatic rings. The lowest BCUT2D eigenvalue weighted by Crippen LogP contribution is -2.62. The van der Waals surface area contributed by atoms with E-state index in [1.165, 1.54) is 55.5 Å². The van der Waals surface area contributed by atoms with Crippen LogP contribution in [0.3, 0.4) is 0 Å². The summed E-state index contributed by atoms with van der Waals surface area (Å²) in [7, 11) is 0. The Morgan fingerprint density at radius 2 is 0.843 bits per heavy atom. The van der Waals surface area contributed by atoms with Gasteiger partial charge in [-0.1, -0.05) is 95.1 Å². The molecule has 89 heavy (non-hydrogen) atoms. The van der Waals surface area contributed by atoms with E-state index in [-0.39, 0.29) is 63.0 Å². The minimum Gasteiger partial charge on any atom is -0.508 e.